The Morgan fingerprint density at radius 3 is 2.33 bits per heavy atom. The molecular weight excluding hydrogens is 280 g/mol. The summed E-state index contributed by atoms with van der Waals surface area (Å²) in [6, 6.07) is 9.77. The summed E-state index contributed by atoms with van der Waals surface area (Å²) in [7, 11) is 2.06. The van der Waals surface area contributed by atoms with Crippen LogP contribution < -0.4 is 5.32 Å². The quantitative estimate of drug-likeness (QED) is 0.876. The molecule has 1 heterocycles. The Labute approximate surface area is 136 Å². The van der Waals surface area contributed by atoms with Gasteiger partial charge in [0.1, 0.15) is 0 Å². The molecule has 1 aromatic carbocycles. The van der Waals surface area contributed by atoms with Crippen LogP contribution >= 0.6 is 12.4 Å². The van der Waals surface area contributed by atoms with Crippen LogP contribution in [0, 0.1) is 5.92 Å². The van der Waals surface area contributed by atoms with Crippen LogP contribution in [0.4, 0.5) is 0 Å². The van der Waals surface area contributed by atoms with Crippen molar-refractivity contribution >= 4 is 12.4 Å². The lowest BCUT2D eigenvalue weighted by Gasteiger charge is -2.37. The van der Waals surface area contributed by atoms with E-state index in [0.29, 0.717) is 12.0 Å². The number of nitrogens with zero attached hydrogens (tertiary/aromatic N) is 1. The number of hydrogen-bond acceptors (Lipinski definition) is 2. The van der Waals surface area contributed by atoms with E-state index in [1.807, 2.05) is 0 Å². The van der Waals surface area contributed by atoms with Crippen molar-refractivity contribution in [3.05, 3.63) is 35.4 Å². The average molecular weight is 311 g/mol. The number of halogens is 1. The molecular formula is C18H31ClN2. The van der Waals surface area contributed by atoms with Gasteiger partial charge in [-0.25, -0.2) is 0 Å². The molecule has 3 heteroatoms. The standard InChI is InChI=1S/C18H30N2.ClH/c1-14(2)17-7-9-18(10-8-17)15(3)20-11-5-6-16(13-20)12-19-4;/h7-10,14-16,19H,5-6,11-13H2,1-4H3;1H. The van der Waals surface area contributed by atoms with Crippen molar-refractivity contribution in [1.82, 2.24) is 10.2 Å². The first kappa shape index (κ1) is 18.5. The maximum atomic E-state index is 3.33. The van der Waals surface area contributed by atoms with E-state index in [2.05, 4.69) is 62.3 Å². The summed E-state index contributed by atoms with van der Waals surface area (Å²) < 4.78 is 0. The monoisotopic (exact) mass is 310 g/mol. The van der Waals surface area contributed by atoms with Gasteiger partial charge >= 0.3 is 0 Å². The van der Waals surface area contributed by atoms with Gasteiger partial charge < -0.3 is 5.32 Å². The highest BCUT2D eigenvalue weighted by molar-refractivity contribution is 5.85. The average Bonchev–Trinajstić information content (AvgIpc) is 2.47. The maximum Gasteiger partial charge on any atom is 0.0320 e. The third-order valence-electron chi connectivity index (χ3n) is 4.68. The van der Waals surface area contributed by atoms with E-state index in [4.69, 9.17) is 0 Å². The smallest absolute Gasteiger partial charge is 0.0320 e. The Hall–Kier alpha value is -0.570. The second kappa shape index (κ2) is 8.77. The molecule has 1 aliphatic rings. The van der Waals surface area contributed by atoms with Gasteiger partial charge in [0.2, 0.25) is 0 Å². The molecule has 0 aliphatic carbocycles. The Balaban J connectivity index is 0.00000220. The molecule has 0 radical (unpaired) electrons. The SMILES string of the molecule is CNCC1CCCN(C(C)c2ccc(C(C)C)cc2)C1.Cl. The zero-order valence-corrected chi connectivity index (χ0v) is 14.7. The van der Waals surface area contributed by atoms with Crippen molar-refractivity contribution in [2.24, 2.45) is 5.92 Å². The van der Waals surface area contributed by atoms with Crippen molar-refractivity contribution in [2.45, 2.75) is 45.6 Å². The molecule has 1 aliphatic heterocycles. The molecule has 1 aromatic rings. The summed E-state index contributed by atoms with van der Waals surface area (Å²) in [5.74, 6) is 1.43. The molecule has 1 saturated heterocycles. The van der Waals surface area contributed by atoms with Crippen LogP contribution in [0.1, 0.15) is 56.7 Å². The summed E-state index contributed by atoms with van der Waals surface area (Å²) in [5, 5.41) is 3.33. The molecule has 21 heavy (non-hydrogen) atoms. The summed E-state index contributed by atoms with van der Waals surface area (Å²) >= 11 is 0. The van der Waals surface area contributed by atoms with E-state index in [-0.39, 0.29) is 12.4 Å². The molecule has 0 spiro atoms. The first-order chi connectivity index (χ1) is 9.61. The van der Waals surface area contributed by atoms with Crippen molar-refractivity contribution in [2.75, 3.05) is 26.7 Å². The lowest BCUT2D eigenvalue weighted by molar-refractivity contribution is 0.131. The minimum Gasteiger partial charge on any atom is -0.319 e. The number of piperidine rings is 1. The Kier molecular flexibility index (Phi) is 7.72. The van der Waals surface area contributed by atoms with Gasteiger partial charge in [0.05, 0.1) is 0 Å². The Morgan fingerprint density at radius 2 is 1.76 bits per heavy atom. The summed E-state index contributed by atoms with van der Waals surface area (Å²) in [4.78, 5) is 2.65. The molecule has 2 rings (SSSR count). The van der Waals surface area contributed by atoms with Crippen LogP contribution in [0.15, 0.2) is 24.3 Å². The van der Waals surface area contributed by atoms with E-state index < -0.39 is 0 Å². The molecule has 2 unspecified atom stereocenters. The normalized spacial score (nSPS) is 21.1. The topological polar surface area (TPSA) is 15.3 Å². The molecule has 0 bridgehead atoms. The minimum absolute atomic E-state index is 0. The predicted octanol–water partition coefficient (Wildman–Crippen LogP) is 4.22. The maximum absolute atomic E-state index is 3.33. The van der Waals surface area contributed by atoms with Crippen LogP contribution in [0.3, 0.4) is 0 Å². The van der Waals surface area contributed by atoms with Gasteiger partial charge in [0.25, 0.3) is 0 Å². The zero-order valence-electron chi connectivity index (χ0n) is 13.9. The van der Waals surface area contributed by atoms with E-state index in [1.54, 1.807) is 0 Å². The van der Waals surface area contributed by atoms with Crippen molar-refractivity contribution < 1.29 is 0 Å². The van der Waals surface area contributed by atoms with Gasteiger partial charge in [-0.1, -0.05) is 38.1 Å². The van der Waals surface area contributed by atoms with Gasteiger partial charge in [-0.05, 0) is 62.9 Å². The summed E-state index contributed by atoms with van der Waals surface area (Å²) in [6.45, 7) is 10.5. The van der Waals surface area contributed by atoms with E-state index in [0.717, 1.165) is 12.5 Å². The number of rotatable bonds is 5. The third-order valence-corrected chi connectivity index (χ3v) is 4.68. The fourth-order valence-corrected chi connectivity index (χ4v) is 3.27. The zero-order chi connectivity index (χ0) is 14.5. The number of nitrogens with one attached hydrogen (secondary N) is 1. The number of hydrogen-bond donors (Lipinski definition) is 1. The van der Waals surface area contributed by atoms with Crippen molar-refractivity contribution in [3.8, 4) is 0 Å². The molecule has 0 aromatic heterocycles. The highest BCUT2D eigenvalue weighted by Crippen LogP contribution is 2.27. The highest BCUT2D eigenvalue weighted by Gasteiger charge is 2.23. The number of likely N-dealkylation sites (tertiary alicyclic amines) is 1. The predicted molar refractivity (Wildman–Crippen MR) is 94.4 cm³/mol. The molecule has 0 saturated carbocycles. The third kappa shape index (κ3) is 4.98. The van der Waals surface area contributed by atoms with E-state index in [1.165, 1.54) is 37.1 Å². The van der Waals surface area contributed by atoms with Crippen molar-refractivity contribution in [3.63, 3.8) is 0 Å². The second-order valence-corrected chi connectivity index (χ2v) is 6.56. The lowest BCUT2D eigenvalue weighted by Crippen LogP contribution is -2.40. The first-order valence-corrected chi connectivity index (χ1v) is 8.10. The fourth-order valence-electron chi connectivity index (χ4n) is 3.27. The van der Waals surface area contributed by atoms with Crippen LogP contribution in [0.2, 0.25) is 0 Å². The summed E-state index contributed by atoms with van der Waals surface area (Å²) in [6.07, 6.45) is 2.71. The molecule has 2 atom stereocenters. The largest absolute Gasteiger partial charge is 0.319 e. The van der Waals surface area contributed by atoms with Gasteiger partial charge in [0.15, 0.2) is 0 Å². The van der Waals surface area contributed by atoms with E-state index >= 15 is 0 Å². The van der Waals surface area contributed by atoms with Crippen LogP contribution in [-0.4, -0.2) is 31.6 Å². The molecule has 2 nitrogen and oxygen atoms in total. The molecule has 120 valence electrons. The lowest BCUT2D eigenvalue weighted by atomic mass is 9.94. The second-order valence-electron chi connectivity index (χ2n) is 6.56. The highest BCUT2D eigenvalue weighted by atomic mass is 35.5. The first-order valence-electron chi connectivity index (χ1n) is 8.10. The Morgan fingerprint density at radius 1 is 1.14 bits per heavy atom. The van der Waals surface area contributed by atoms with E-state index in [9.17, 15) is 0 Å². The van der Waals surface area contributed by atoms with Crippen LogP contribution in [0.5, 0.6) is 0 Å². The van der Waals surface area contributed by atoms with Gasteiger partial charge in [-0.15, -0.1) is 12.4 Å². The van der Waals surface area contributed by atoms with Gasteiger partial charge in [0, 0.05) is 12.6 Å². The van der Waals surface area contributed by atoms with Gasteiger partial charge in [-0.3, -0.25) is 4.90 Å². The summed E-state index contributed by atoms with van der Waals surface area (Å²) in [5.41, 5.74) is 2.90. The Bertz CT molecular complexity index is 400. The van der Waals surface area contributed by atoms with Crippen molar-refractivity contribution in [1.29, 1.82) is 0 Å². The molecule has 1 fully saturated rings. The minimum atomic E-state index is 0. The molecule has 1 N–H and O–H groups in total. The fraction of sp³-hybridized carbons (Fsp3) is 0.667. The van der Waals surface area contributed by atoms with Crippen LogP contribution in [-0.2, 0) is 0 Å². The van der Waals surface area contributed by atoms with Gasteiger partial charge in [-0.2, -0.15) is 0 Å². The number of benzene rings is 1. The van der Waals surface area contributed by atoms with Crippen LogP contribution in [0.25, 0.3) is 0 Å². The molecule has 0 amide bonds.